The minimum atomic E-state index is -4.60. The second-order valence-corrected chi connectivity index (χ2v) is 8.50. The Balaban J connectivity index is 2.21. The zero-order valence-electron chi connectivity index (χ0n) is 15.4. The molecule has 0 aliphatic rings. The molecular formula is C19H13F6NO3S. The molecule has 160 valence electrons. The number of rotatable bonds is 4. The lowest BCUT2D eigenvalue weighted by atomic mass is 9.96. The molecule has 0 atom stereocenters. The Labute approximate surface area is 167 Å². The number of sulfone groups is 1. The summed E-state index contributed by atoms with van der Waals surface area (Å²) in [5.41, 5.74) is -1.78. The highest BCUT2D eigenvalue weighted by Gasteiger charge is 2.33. The molecule has 11 heteroatoms. The molecule has 0 aliphatic heterocycles. The van der Waals surface area contributed by atoms with Gasteiger partial charge in [0.2, 0.25) is 5.76 Å². The second kappa shape index (κ2) is 7.46. The van der Waals surface area contributed by atoms with Crippen molar-refractivity contribution < 1.29 is 39.3 Å². The van der Waals surface area contributed by atoms with E-state index in [4.69, 9.17) is 0 Å². The van der Waals surface area contributed by atoms with E-state index in [2.05, 4.69) is 9.68 Å². The first-order chi connectivity index (χ1) is 13.8. The molecule has 3 aromatic rings. The molecule has 0 radical (unpaired) electrons. The Kier molecular flexibility index (Phi) is 5.44. The van der Waals surface area contributed by atoms with Gasteiger partial charge in [0.1, 0.15) is 16.4 Å². The molecule has 0 saturated carbocycles. The van der Waals surface area contributed by atoms with Gasteiger partial charge in [-0.15, -0.1) is 0 Å². The van der Waals surface area contributed by atoms with Crippen LogP contribution in [0.4, 0.5) is 26.3 Å². The lowest BCUT2D eigenvalue weighted by Gasteiger charge is -2.12. The molecule has 4 nitrogen and oxygen atoms in total. The predicted molar refractivity (Wildman–Crippen MR) is 95.1 cm³/mol. The molecule has 0 aliphatic carbocycles. The minimum Gasteiger partial charge on any atom is -0.354 e. The lowest BCUT2D eigenvalue weighted by molar-refractivity contribution is -0.138. The molecular weight excluding hydrogens is 436 g/mol. The molecule has 0 spiro atoms. The predicted octanol–water partition coefficient (Wildman–Crippen LogP) is 5.82. The van der Waals surface area contributed by atoms with E-state index in [1.165, 1.54) is 6.92 Å². The molecule has 0 saturated heterocycles. The fourth-order valence-corrected chi connectivity index (χ4v) is 3.74. The summed E-state index contributed by atoms with van der Waals surface area (Å²) in [7, 11) is -3.90. The number of nitrogens with zero attached hydrogens (tertiary/aromatic N) is 1. The van der Waals surface area contributed by atoms with Crippen molar-refractivity contribution >= 4 is 9.84 Å². The maximum Gasteiger partial charge on any atom is 0.416 e. The van der Waals surface area contributed by atoms with Gasteiger partial charge in [-0.3, -0.25) is 0 Å². The van der Waals surface area contributed by atoms with Gasteiger partial charge in [0.15, 0.2) is 9.84 Å². The number of hydrogen-bond acceptors (Lipinski definition) is 4. The van der Waals surface area contributed by atoms with Gasteiger partial charge in [0, 0.05) is 11.8 Å². The smallest absolute Gasteiger partial charge is 0.354 e. The molecule has 1 heterocycles. The van der Waals surface area contributed by atoms with Gasteiger partial charge in [-0.25, -0.2) is 21.6 Å². The van der Waals surface area contributed by atoms with E-state index in [-0.39, 0.29) is 27.9 Å². The molecule has 30 heavy (non-hydrogen) atoms. The SMILES string of the molecule is Cc1cc(-c2noc(C(F)F)c2-c2ccc(S(C)(=O)=O)c(F)c2)ccc1C(F)(F)F. The van der Waals surface area contributed by atoms with Gasteiger partial charge in [0.25, 0.3) is 6.43 Å². The van der Waals surface area contributed by atoms with Gasteiger partial charge < -0.3 is 4.52 Å². The normalized spacial score (nSPS) is 12.6. The highest BCUT2D eigenvalue weighted by molar-refractivity contribution is 7.90. The van der Waals surface area contributed by atoms with E-state index in [9.17, 15) is 34.8 Å². The fourth-order valence-electron chi connectivity index (χ4n) is 3.01. The number of aryl methyl sites for hydroxylation is 1. The summed E-state index contributed by atoms with van der Waals surface area (Å²) in [4.78, 5) is -0.631. The van der Waals surface area contributed by atoms with Crippen LogP contribution in [0.2, 0.25) is 0 Å². The fraction of sp³-hybridized carbons (Fsp3) is 0.211. The van der Waals surface area contributed by atoms with Crippen molar-refractivity contribution in [2.75, 3.05) is 6.26 Å². The lowest BCUT2D eigenvalue weighted by Crippen LogP contribution is -2.07. The van der Waals surface area contributed by atoms with Gasteiger partial charge >= 0.3 is 6.18 Å². The standard InChI is InChI=1S/C19H13F6NO3S/c1-9-7-11(3-5-12(9)19(23,24)25)16-15(17(18(21)22)29-26-16)10-4-6-14(13(20)8-10)30(2,27)28/h3-8,18H,1-2H3. The van der Waals surface area contributed by atoms with Crippen molar-refractivity contribution in [2.45, 2.75) is 24.4 Å². The largest absolute Gasteiger partial charge is 0.416 e. The number of hydrogen-bond donors (Lipinski definition) is 0. The van der Waals surface area contributed by atoms with Crippen LogP contribution in [0.3, 0.4) is 0 Å². The third kappa shape index (κ3) is 4.07. The van der Waals surface area contributed by atoms with Gasteiger partial charge in [0.05, 0.1) is 11.1 Å². The molecule has 0 unspecified atom stereocenters. The maximum atomic E-state index is 14.3. The topological polar surface area (TPSA) is 60.2 Å². The van der Waals surface area contributed by atoms with Crippen molar-refractivity contribution in [3.8, 4) is 22.4 Å². The van der Waals surface area contributed by atoms with E-state index in [0.29, 0.717) is 0 Å². The molecule has 2 aromatic carbocycles. The summed E-state index contributed by atoms with van der Waals surface area (Å²) < 4.78 is 108. The van der Waals surface area contributed by atoms with Crippen molar-refractivity contribution in [3.05, 3.63) is 59.1 Å². The number of aromatic nitrogens is 1. The Bertz CT molecular complexity index is 1220. The third-order valence-corrected chi connectivity index (χ3v) is 5.47. The zero-order chi connectivity index (χ0) is 22.4. The van der Waals surface area contributed by atoms with Crippen LogP contribution in [0.5, 0.6) is 0 Å². The summed E-state index contributed by atoms with van der Waals surface area (Å²) in [6.45, 7) is 1.20. The Morgan fingerprint density at radius 3 is 2.17 bits per heavy atom. The van der Waals surface area contributed by atoms with Crippen LogP contribution in [0, 0.1) is 12.7 Å². The Morgan fingerprint density at radius 2 is 1.67 bits per heavy atom. The number of benzene rings is 2. The average molecular weight is 449 g/mol. The number of alkyl halides is 5. The molecule has 3 rings (SSSR count). The molecule has 0 bridgehead atoms. The van der Waals surface area contributed by atoms with Crippen molar-refractivity contribution in [1.82, 2.24) is 5.16 Å². The van der Waals surface area contributed by atoms with Gasteiger partial charge in [-0.2, -0.15) is 13.2 Å². The molecule has 0 N–H and O–H groups in total. The van der Waals surface area contributed by atoms with Crippen LogP contribution in [-0.2, 0) is 16.0 Å². The van der Waals surface area contributed by atoms with Crippen molar-refractivity contribution in [2.24, 2.45) is 0 Å². The second-order valence-electron chi connectivity index (χ2n) is 6.52. The van der Waals surface area contributed by atoms with E-state index < -0.39 is 44.5 Å². The zero-order valence-corrected chi connectivity index (χ0v) is 16.2. The minimum absolute atomic E-state index is 0.0405. The molecule has 0 fully saturated rings. The molecule has 0 amide bonds. The van der Waals surface area contributed by atoms with Crippen LogP contribution >= 0.6 is 0 Å². The Morgan fingerprint density at radius 1 is 1.03 bits per heavy atom. The first kappa shape index (κ1) is 21.9. The maximum absolute atomic E-state index is 14.3. The first-order valence-corrected chi connectivity index (χ1v) is 10.2. The monoisotopic (exact) mass is 449 g/mol. The average Bonchev–Trinajstić information content (AvgIpc) is 3.04. The van der Waals surface area contributed by atoms with Crippen LogP contribution < -0.4 is 0 Å². The van der Waals surface area contributed by atoms with Crippen molar-refractivity contribution in [1.29, 1.82) is 0 Å². The number of halogens is 6. The summed E-state index contributed by atoms with van der Waals surface area (Å²) in [6.07, 6.45) is -6.98. The van der Waals surface area contributed by atoms with Crippen LogP contribution in [0.1, 0.15) is 23.3 Å². The summed E-state index contributed by atoms with van der Waals surface area (Å²) in [5, 5.41) is 3.54. The summed E-state index contributed by atoms with van der Waals surface area (Å²) in [5.74, 6) is -2.10. The van der Waals surface area contributed by atoms with Gasteiger partial charge in [-0.1, -0.05) is 17.3 Å². The highest BCUT2D eigenvalue weighted by Crippen LogP contribution is 2.41. The van der Waals surface area contributed by atoms with Crippen LogP contribution in [0.25, 0.3) is 22.4 Å². The van der Waals surface area contributed by atoms with Gasteiger partial charge in [-0.05, 0) is 42.3 Å². The first-order valence-electron chi connectivity index (χ1n) is 8.26. The quantitative estimate of drug-likeness (QED) is 0.472. The van der Waals surface area contributed by atoms with Crippen LogP contribution in [-0.4, -0.2) is 19.8 Å². The van der Waals surface area contributed by atoms with Crippen LogP contribution in [0.15, 0.2) is 45.8 Å². The molecule has 1 aromatic heterocycles. The van der Waals surface area contributed by atoms with E-state index in [1.54, 1.807) is 0 Å². The summed E-state index contributed by atoms with van der Waals surface area (Å²) in [6, 6.07) is 5.64. The van der Waals surface area contributed by atoms with E-state index >= 15 is 0 Å². The van der Waals surface area contributed by atoms with E-state index in [0.717, 1.165) is 42.7 Å². The van der Waals surface area contributed by atoms with E-state index in [1.807, 2.05) is 0 Å². The third-order valence-electron chi connectivity index (χ3n) is 4.34. The summed E-state index contributed by atoms with van der Waals surface area (Å²) >= 11 is 0. The van der Waals surface area contributed by atoms with Crippen molar-refractivity contribution in [3.63, 3.8) is 0 Å². The highest BCUT2D eigenvalue weighted by atomic mass is 32.2. The Hall–Kier alpha value is -2.82.